The fraction of sp³-hybridized carbons (Fsp3) is 0.929. The Morgan fingerprint density at radius 3 is 2.71 bits per heavy atom. The lowest BCUT2D eigenvalue weighted by Gasteiger charge is -2.22. The van der Waals surface area contributed by atoms with Gasteiger partial charge in [0.2, 0.25) is 0 Å². The molecule has 126 valence electrons. The molecule has 2 N–H and O–H groups in total. The second-order valence-electron chi connectivity index (χ2n) is 5.50. The highest BCUT2D eigenvalue weighted by atomic mass is 127. The van der Waals surface area contributed by atoms with Gasteiger partial charge in [0, 0.05) is 46.4 Å². The van der Waals surface area contributed by atoms with Crippen molar-refractivity contribution in [2.24, 2.45) is 4.99 Å². The van der Waals surface area contributed by atoms with Gasteiger partial charge in [0.15, 0.2) is 5.96 Å². The first kappa shape index (κ1) is 20.9. The van der Waals surface area contributed by atoms with Crippen LogP contribution in [0.2, 0.25) is 0 Å². The van der Waals surface area contributed by atoms with Crippen molar-refractivity contribution in [2.45, 2.75) is 19.4 Å². The van der Waals surface area contributed by atoms with Crippen molar-refractivity contribution >= 4 is 29.9 Å². The van der Waals surface area contributed by atoms with Gasteiger partial charge in [0.1, 0.15) is 0 Å². The van der Waals surface area contributed by atoms with Crippen LogP contribution in [0.4, 0.5) is 0 Å². The third-order valence-electron chi connectivity index (χ3n) is 3.56. The highest BCUT2D eigenvalue weighted by Crippen LogP contribution is 1.99. The number of hydrogen-bond donors (Lipinski definition) is 2. The van der Waals surface area contributed by atoms with E-state index >= 15 is 0 Å². The molecule has 0 bridgehead atoms. The van der Waals surface area contributed by atoms with E-state index in [0.29, 0.717) is 6.61 Å². The highest BCUT2D eigenvalue weighted by Gasteiger charge is 2.11. The number of likely N-dealkylation sites (N-methyl/N-ethyl adjacent to an activating group) is 1. The molecule has 6 nitrogen and oxygen atoms in total. The third-order valence-corrected chi connectivity index (χ3v) is 3.56. The van der Waals surface area contributed by atoms with E-state index in [1.807, 2.05) is 0 Å². The number of guanidine groups is 1. The van der Waals surface area contributed by atoms with E-state index in [4.69, 9.17) is 4.74 Å². The molecule has 1 fully saturated rings. The van der Waals surface area contributed by atoms with E-state index in [0.717, 1.165) is 32.1 Å². The molecule has 7 heteroatoms. The number of nitrogens with zero attached hydrogens (tertiary/aromatic N) is 3. The average molecular weight is 413 g/mol. The Kier molecular flexibility index (Phi) is 12.4. The lowest BCUT2D eigenvalue weighted by molar-refractivity contribution is 0.179. The molecule has 1 aliphatic rings. The summed E-state index contributed by atoms with van der Waals surface area (Å²) in [6, 6.07) is 0.262. The number of aliphatic imine (C=N–C) groups is 1. The van der Waals surface area contributed by atoms with Gasteiger partial charge < -0.3 is 25.2 Å². The van der Waals surface area contributed by atoms with Crippen LogP contribution in [0.3, 0.4) is 0 Å². The summed E-state index contributed by atoms with van der Waals surface area (Å²) in [5.74, 6) is 0.849. The van der Waals surface area contributed by atoms with Gasteiger partial charge in [-0.05, 0) is 33.5 Å². The molecular weight excluding hydrogens is 381 g/mol. The number of halogens is 1. The Morgan fingerprint density at radius 2 is 2.05 bits per heavy atom. The van der Waals surface area contributed by atoms with Gasteiger partial charge in [-0.3, -0.25) is 4.99 Å². The van der Waals surface area contributed by atoms with E-state index in [9.17, 15) is 0 Å². The van der Waals surface area contributed by atoms with Crippen molar-refractivity contribution in [1.29, 1.82) is 0 Å². The van der Waals surface area contributed by atoms with Crippen molar-refractivity contribution in [2.75, 3.05) is 67.1 Å². The molecule has 0 radical (unpaired) electrons. The number of rotatable bonds is 6. The Bertz CT molecular complexity index is 291. The smallest absolute Gasteiger partial charge is 0.191 e. The summed E-state index contributed by atoms with van der Waals surface area (Å²) in [6.07, 6.45) is 1.26. The van der Waals surface area contributed by atoms with Crippen molar-refractivity contribution < 1.29 is 4.74 Å². The summed E-state index contributed by atoms with van der Waals surface area (Å²) in [6.45, 7) is 9.47. The largest absolute Gasteiger partial charge is 0.383 e. The summed E-state index contributed by atoms with van der Waals surface area (Å²) in [4.78, 5) is 9.15. The summed E-state index contributed by atoms with van der Waals surface area (Å²) in [5, 5.41) is 6.68. The van der Waals surface area contributed by atoms with E-state index in [-0.39, 0.29) is 30.0 Å². The van der Waals surface area contributed by atoms with E-state index < -0.39 is 0 Å². The van der Waals surface area contributed by atoms with Gasteiger partial charge in [0.25, 0.3) is 0 Å². The van der Waals surface area contributed by atoms with Crippen molar-refractivity contribution in [3.8, 4) is 0 Å². The molecule has 1 rings (SSSR count). The summed E-state index contributed by atoms with van der Waals surface area (Å²) in [5.41, 5.74) is 0. The van der Waals surface area contributed by atoms with Crippen LogP contribution < -0.4 is 10.6 Å². The zero-order chi connectivity index (χ0) is 14.8. The minimum atomic E-state index is 0. The fourth-order valence-corrected chi connectivity index (χ4v) is 2.38. The monoisotopic (exact) mass is 413 g/mol. The normalized spacial score (nSPS) is 19.5. The van der Waals surface area contributed by atoms with Crippen LogP contribution in [-0.2, 0) is 4.74 Å². The number of nitrogens with one attached hydrogen (secondary N) is 2. The van der Waals surface area contributed by atoms with E-state index in [1.54, 1.807) is 14.2 Å². The van der Waals surface area contributed by atoms with Gasteiger partial charge in [-0.2, -0.15) is 0 Å². The molecule has 1 saturated heterocycles. The van der Waals surface area contributed by atoms with Gasteiger partial charge >= 0.3 is 0 Å². The van der Waals surface area contributed by atoms with Crippen molar-refractivity contribution in [3.63, 3.8) is 0 Å². The van der Waals surface area contributed by atoms with Crippen LogP contribution in [0.5, 0.6) is 0 Å². The third kappa shape index (κ3) is 9.49. The lowest BCUT2D eigenvalue weighted by Crippen LogP contribution is -2.46. The molecule has 1 aliphatic heterocycles. The molecular formula is C14H32IN5O. The zero-order valence-corrected chi connectivity index (χ0v) is 16.2. The van der Waals surface area contributed by atoms with E-state index in [2.05, 4.69) is 39.4 Å². The molecule has 0 amide bonds. The molecule has 0 aromatic rings. The Morgan fingerprint density at radius 1 is 1.29 bits per heavy atom. The van der Waals surface area contributed by atoms with Gasteiger partial charge in [-0.15, -0.1) is 24.0 Å². The Balaban J connectivity index is 0.00000400. The minimum Gasteiger partial charge on any atom is -0.383 e. The molecule has 0 aliphatic carbocycles. The van der Waals surface area contributed by atoms with Crippen LogP contribution in [0, 0.1) is 0 Å². The second kappa shape index (κ2) is 12.4. The SMILES string of the molecule is CN=C(NCCN1CCCN(C)CC1)NC(C)COC.I. The van der Waals surface area contributed by atoms with Crippen molar-refractivity contribution in [3.05, 3.63) is 0 Å². The molecule has 0 saturated carbocycles. The minimum absolute atomic E-state index is 0. The lowest BCUT2D eigenvalue weighted by atomic mass is 10.3. The Labute approximate surface area is 146 Å². The first-order chi connectivity index (χ1) is 9.65. The molecule has 1 heterocycles. The maximum absolute atomic E-state index is 5.11. The first-order valence-corrected chi connectivity index (χ1v) is 7.52. The maximum Gasteiger partial charge on any atom is 0.191 e. The molecule has 0 aromatic carbocycles. The second-order valence-corrected chi connectivity index (χ2v) is 5.50. The maximum atomic E-state index is 5.11. The predicted molar refractivity (Wildman–Crippen MR) is 99.8 cm³/mol. The van der Waals surface area contributed by atoms with Gasteiger partial charge in [-0.1, -0.05) is 0 Å². The Hall–Kier alpha value is -0.120. The molecule has 0 aromatic heterocycles. The van der Waals surface area contributed by atoms with Crippen LogP contribution in [0.1, 0.15) is 13.3 Å². The highest BCUT2D eigenvalue weighted by molar-refractivity contribution is 14.0. The van der Waals surface area contributed by atoms with Crippen molar-refractivity contribution in [1.82, 2.24) is 20.4 Å². The molecule has 0 spiro atoms. The van der Waals surface area contributed by atoms with Gasteiger partial charge in [-0.25, -0.2) is 0 Å². The summed E-state index contributed by atoms with van der Waals surface area (Å²) in [7, 11) is 5.71. The zero-order valence-electron chi connectivity index (χ0n) is 13.9. The van der Waals surface area contributed by atoms with Gasteiger partial charge in [0.05, 0.1) is 6.61 Å². The van der Waals surface area contributed by atoms with Crippen LogP contribution in [0.15, 0.2) is 4.99 Å². The topological polar surface area (TPSA) is 52.1 Å². The fourth-order valence-electron chi connectivity index (χ4n) is 2.38. The molecule has 21 heavy (non-hydrogen) atoms. The molecule has 1 atom stereocenters. The van der Waals surface area contributed by atoms with Crippen LogP contribution >= 0.6 is 24.0 Å². The number of methoxy groups -OCH3 is 1. The molecule has 1 unspecified atom stereocenters. The van der Waals surface area contributed by atoms with Crippen LogP contribution in [0.25, 0.3) is 0 Å². The summed E-state index contributed by atoms with van der Waals surface area (Å²) >= 11 is 0. The van der Waals surface area contributed by atoms with E-state index in [1.165, 1.54) is 19.5 Å². The standard InChI is InChI=1S/C14H31N5O.HI/c1-13(12-20-4)17-14(15-2)16-6-9-19-8-5-7-18(3)10-11-19;/h13H,5-12H2,1-4H3,(H2,15,16,17);1H. The number of ether oxygens (including phenoxy) is 1. The summed E-state index contributed by atoms with van der Waals surface area (Å²) < 4.78 is 5.11. The quantitative estimate of drug-likeness (QED) is 0.376. The predicted octanol–water partition coefficient (Wildman–Crippen LogP) is 0.442. The first-order valence-electron chi connectivity index (χ1n) is 7.52. The van der Waals surface area contributed by atoms with Crippen LogP contribution in [-0.4, -0.2) is 88.9 Å². The number of hydrogen-bond acceptors (Lipinski definition) is 4. The average Bonchev–Trinajstić information content (AvgIpc) is 2.63.